The third-order valence-corrected chi connectivity index (χ3v) is 9.16. The van der Waals surface area contributed by atoms with Gasteiger partial charge in [-0.2, -0.15) is 4.31 Å². The van der Waals surface area contributed by atoms with Crippen LogP contribution in [0, 0.1) is 0 Å². The number of hydrogen-bond donors (Lipinski definition) is 1. The fourth-order valence-electron chi connectivity index (χ4n) is 3.96. The van der Waals surface area contributed by atoms with E-state index in [0.29, 0.717) is 11.3 Å². The average Bonchev–Trinajstić information content (AvgIpc) is 3.13. The van der Waals surface area contributed by atoms with Crippen molar-refractivity contribution in [3.8, 4) is 0 Å². The Balaban J connectivity index is 1.66. The molecule has 36 heavy (non-hydrogen) atoms. The van der Waals surface area contributed by atoms with Crippen LogP contribution in [0.2, 0.25) is 0 Å². The van der Waals surface area contributed by atoms with Gasteiger partial charge in [0.25, 0.3) is 5.91 Å². The zero-order valence-corrected chi connectivity index (χ0v) is 22.0. The van der Waals surface area contributed by atoms with Gasteiger partial charge in [0.15, 0.2) is 0 Å². The highest BCUT2D eigenvalue weighted by atomic mass is 79.9. The van der Waals surface area contributed by atoms with E-state index in [4.69, 9.17) is 5.14 Å². The molecule has 1 aliphatic heterocycles. The Labute approximate surface area is 217 Å². The number of hydrogen-bond acceptors (Lipinski definition) is 6. The van der Waals surface area contributed by atoms with Crippen molar-refractivity contribution in [3.63, 3.8) is 0 Å². The van der Waals surface area contributed by atoms with Crippen LogP contribution in [0.5, 0.6) is 0 Å². The summed E-state index contributed by atoms with van der Waals surface area (Å²) in [6.45, 7) is -0.107. The molecule has 2 amide bonds. The first-order chi connectivity index (χ1) is 17.0. The molecule has 0 radical (unpaired) electrons. The number of carbonyl (C=O) groups is 2. The molecule has 1 heterocycles. The topological polar surface area (TPSA) is 135 Å². The Morgan fingerprint density at radius 1 is 0.861 bits per heavy atom. The van der Waals surface area contributed by atoms with E-state index in [-0.39, 0.29) is 29.2 Å². The normalized spacial score (nSPS) is 16.6. The van der Waals surface area contributed by atoms with Crippen LogP contribution in [-0.2, 0) is 36.1 Å². The molecular formula is C24H22BrN3O6S2. The summed E-state index contributed by atoms with van der Waals surface area (Å²) in [5.74, 6) is -1.13. The molecule has 0 spiro atoms. The van der Waals surface area contributed by atoms with Crippen molar-refractivity contribution in [1.29, 1.82) is 0 Å². The maximum Gasteiger partial charge on any atom is 0.252 e. The summed E-state index contributed by atoms with van der Waals surface area (Å²) in [5.41, 5.74) is 0.989. The predicted molar refractivity (Wildman–Crippen MR) is 137 cm³/mol. The summed E-state index contributed by atoms with van der Waals surface area (Å²) in [7, 11) is -8.01. The fourth-order valence-corrected chi connectivity index (χ4v) is 6.34. The van der Waals surface area contributed by atoms with Gasteiger partial charge in [-0.15, -0.1) is 0 Å². The van der Waals surface area contributed by atoms with Crippen LogP contribution in [0.15, 0.2) is 93.1 Å². The number of nitrogens with two attached hydrogens (primary N) is 1. The SMILES string of the molecule is NS(=O)(=O)c1ccc(CCN(C2CC(=O)N(c3ccc(Br)cc3)C2=O)S(=O)(=O)c2ccccc2)cc1. The molecule has 3 aromatic rings. The molecule has 9 nitrogen and oxygen atoms in total. The maximum absolute atomic E-state index is 13.6. The van der Waals surface area contributed by atoms with Crippen molar-refractivity contribution in [2.75, 3.05) is 11.4 Å². The van der Waals surface area contributed by atoms with Gasteiger partial charge in [0.2, 0.25) is 26.0 Å². The van der Waals surface area contributed by atoms with Gasteiger partial charge in [-0.1, -0.05) is 46.3 Å². The Morgan fingerprint density at radius 3 is 2.06 bits per heavy atom. The molecular weight excluding hydrogens is 570 g/mol. The van der Waals surface area contributed by atoms with Crippen LogP contribution < -0.4 is 10.0 Å². The highest BCUT2D eigenvalue weighted by molar-refractivity contribution is 9.10. The molecule has 0 bridgehead atoms. The van der Waals surface area contributed by atoms with E-state index in [9.17, 15) is 26.4 Å². The van der Waals surface area contributed by atoms with Crippen LogP contribution >= 0.6 is 15.9 Å². The zero-order valence-electron chi connectivity index (χ0n) is 18.8. The molecule has 1 atom stereocenters. The molecule has 0 saturated carbocycles. The molecule has 188 valence electrons. The summed E-state index contributed by atoms with van der Waals surface area (Å²) in [5, 5.41) is 5.14. The number of primary sulfonamides is 1. The van der Waals surface area contributed by atoms with Crippen LogP contribution in [0.4, 0.5) is 5.69 Å². The first kappa shape index (κ1) is 26.2. The van der Waals surface area contributed by atoms with Gasteiger partial charge in [-0.05, 0) is 60.5 Å². The van der Waals surface area contributed by atoms with Crippen LogP contribution in [0.25, 0.3) is 0 Å². The number of amides is 2. The number of imide groups is 1. The lowest BCUT2D eigenvalue weighted by Crippen LogP contribution is -2.46. The molecule has 3 aromatic carbocycles. The number of halogens is 1. The Bertz CT molecular complexity index is 1490. The highest BCUT2D eigenvalue weighted by Gasteiger charge is 2.46. The summed E-state index contributed by atoms with van der Waals surface area (Å²) in [6, 6.07) is 18.8. The number of sulfonamides is 2. The van der Waals surface area contributed by atoms with Gasteiger partial charge in [0, 0.05) is 11.0 Å². The first-order valence-electron chi connectivity index (χ1n) is 10.8. The van der Waals surface area contributed by atoms with Gasteiger partial charge in [0.1, 0.15) is 6.04 Å². The zero-order chi connectivity index (χ0) is 26.1. The smallest absolute Gasteiger partial charge is 0.252 e. The molecule has 1 fully saturated rings. The Hall–Kier alpha value is -2.90. The monoisotopic (exact) mass is 591 g/mol. The van der Waals surface area contributed by atoms with Crippen molar-refractivity contribution in [3.05, 3.63) is 88.9 Å². The van der Waals surface area contributed by atoms with Crippen molar-refractivity contribution in [2.24, 2.45) is 5.14 Å². The number of rotatable bonds is 8. The fraction of sp³-hybridized carbons (Fsp3) is 0.167. The van der Waals surface area contributed by atoms with Crippen LogP contribution in [-0.4, -0.2) is 45.5 Å². The van der Waals surface area contributed by atoms with E-state index in [0.717, 1.165) is 13.7 Å². The summed E-state index contributed by atoms with van der Waals surface area (Å²) >= 11 is 3.31. The van der Waals surface area contributed by atoms with Crippen molar-refractivity contribution < 1.29 is 26.4 Å². The van der Waals surface area contributed by atoms with Gasteiger partial charge in [-0.25, -0.2) is 26.9 Å². The van der Waals surface area contributed by atoms with Gasteiger partial charge < -0.3 is 0 Å². The van der Waals surface area contributed by atoms with Gasteiger partial charge >= 0.3 is 0 Å². The van der Waals surface area contributed by atoms with Crippen molar-refractivity contribution in [1.82, 2.24) is 4.31 Å². The average molecular weight is 592 g/mol. The molecule has 1 aliphatic rings. The van der Waals surface area contributed by atoms with E-state index < -0.39 is 37.9 Å². The van der Waals surface area contributed by atoms with E-state index in [1.54, 1.807) is 42.5 Å². The number of benzene rings is 3. The van der Waals surface area contributed by atoms with Gasteiger partial charge in [-0.3, -0.25) is 9.59 Å². The second-order valence-electron chi connectivity index (χ2n) is 8.13. The van der Waals surface area contributed by atoms with Crippen molar-refractivity contribution >= 4 is 53.5 Å². The Kier molecular flexibility index (Phi) is 7.43. The van der Waals surface area contributed by atoms with E-state index in [1.165, 1.54) is 36.4 Å². The third kappa shape index (κ3) is 5.42. The summed E-state index contributed by atoms with van der Waals surface area (Å²) in [6.07, 6.45) is -0.126. The van der Waals surface area contributed by atoms with Crippen molar-refractivity contribution in [2.45, 2.75) is 28.7 Å². The number of anilines is 1. The maximum atomic E-state index is 13.6. The quantitative estimate of drug-likeness (QED) is 0.400. The van der Waals surface area contributed by atoms with Crippen LogP contribution in [0.1, 0.15) is 12.0 Å². The van der Waals surface area contributed by atoms with Crippen LogP contribution in [0.3, 0.4) is 0 Å². The van der Waals surface area contributed by atoms with E-state index in [2.05, 4.69) is 15.9 Å². The first-order valence-corrected chi connectivity index (χ1v) is 14.6. The molecule has 2 N–H and O–H groups in total. The molecule has 1 saturated heterocycles. The minimum atomic E-state index is -4.14. The molecule has 4 rings (SSSR count). The third-order valence-electron chi connectivity index (χ3n) is 5.78. The lowest BCUT2D eigenvalue weighted by atomic mass is 10.1. The van der Waals surface area contributed by atoms with E-state index >= 15 is 0 Å². The molecule has 0 aromatic heterocycles. The summed E-state index contributed by atoms with van der Waals surface area (Å²) < 4.78 is 52.1. The minimum Gasteiger partial charge on any atom is -0.274 e. The minimum absolute atomic E-state index is 0.00286. The molecule has 12 heteroatoms. The highest BCUT2D eigenvalue weighted by Crippen LogP contribution is 2.30. The number of carbonyl (C=O) groups excluding carboxylic acids is 2. The lowest BCUT2D eigenvalue weighted by Gasteiger charge is -2.27. The second kappa shape index (κ2) is 10.2. The predicted octanol–water partition coefficient (Wildman–Crippen LogP) is 2.66. The lowest BCUT2D eigenvalue weighted by molar-refractivity contribution is -0.122. The number of nitrogens with zero attached hydrogens (tertiary/aromatic N) is 2. The molecule has 0 aliphatic carbocycles. The largest absolute Gasteiger partial charge is 0.274 e. The van der Waals surface area contributed by atoms with Gasteiger partial charge in [0.05, 0.1) is 21.9 Å². The second-order valence-corrected chi connectivity index (χ2v) is 12.5. The molecule has 1 unspecified atom stereocenters. The summed E-state index contributed by atoms with van der Waals surface area (Å²) in [4.78, 5) is 27.2. The standard InChI is InChI=1S/C24H22BrN3O6S2/c25-18-8-10-19(11-9-18)28-23(29)16-22(24(28)30)27(36(33,34)21-4-2-1-3-5-21)15-14-17-6-12-20(13-7-17)35(26,31)32/h1-13,22H,14-16H2,(H2,26,31,32). The van der Waals surface area contributed by atoms with E-state index in [1.807, 2.05) is 0 Å². The Morgan fingerprint density at radius 2 is 1.47 bits per heavy atom.